The summed E-state index contributed by atoms with van der Waals surface area (Å²) in [6.45, 7) is 7.22. The summed E-state index contributed by atoms with van der Waals surface area (Å²) in [4.78, 5) is 24.3. The highest BCUT2D eigenvalue weighted by Crippen LogP contribution is 2.26. The van der Waals surface area contributed by atoms with E-state index in [0.29, 0.717) is 18.5 Å². The summed E-state index contributed by atoms with van der Waals surface area (Å²) in [6, 6.07) is 0.548. The molecule has 1 aromatic heterocycles. The highest BCUT2D eigenvalue weighted by Gasteiger charge is 2.31. The summed E-state index contributed by atoms with van der Waals surface area (Å²) < 4.78 is 8.54. The van der Waals surface area contributed by atoms with Gasteiger partial charge >= 0.3 is 0 Å². The number of halogens is 1. The van der Waals surface area contributed by atoms with Gasteiger partial charge in [-0.2, -0.15) is 0 Å². The zero-order chi connectivity index (χ0) is 19.2. The van der Waals surface area contributed by atoms with Crippen LogP contribution < -0.4 is 8.85 Å². The second kappa shape index (κ2) is 9.97. The van der Waals surface area contributed by atoms with Crippen LogP contribution in [0.3, 0.4) is 0 Å². The fourth-order valence-corrected chi connectivity index (χ4v) is 4.16. The molecule has 0 radical (unpaired) electrons. The summed E-state index contributed by atoms with van der Waals surface area (Å²) in [5.41, 5.74) is 2.14. The molecule has 7 nitrogen and oxygen atoms in total. The third-order valence-electron chi connectivity index (χ3n) is 5.59. The second-order valence-corrected chi connectivity index (χ2v) is 8.26. The molecule has 0 saturated carbocycles. The van der Waals surface area contributed by atoms with Crippen LogP contribution in [-0.4, -0.2) is 52.6 Å². The lowest BCUT2D eigenvalue weighted by atomic mass is 9.95. The van der Waals surface area contributed by atoms with Gasteiger partial charge in [-0.05, 0) is 44.6 Å². The molecular formula is C19H30IN5O2. The predicted octanol–water partition coefficient (Wildman–Crippen LogP) is 2.70. The summed E-state index contributed by atoms with van der Waals surface area (Å²) >= 11 is 2.14. The number of carbonyl (C=O) groups excluding carboxylic acids is 1. The first kappa shape index (κ1) is 20.7. The Hall–Kier alpha value is -1.00. The monoisotopic (exact) mass is 487 g/mol. The predicted molar refractivity (Wildman–Crippen MR) is 114 cm³/mol. The Labute approximate surface area is 175 Å². The highest BCUT2D eigenvalue weighted by molar-refractivity contribution is 14.1. The van der Waals surface area contributed by atoms with Gasteiger partial charge in [0.1, 0.15) is 0 Å². The van der Waals surface area contributed by atoms with Crippen molar-refractivity contribution in [2.24, 2.45) is 5.92 Å². The van der Waals surface area contributed by atoms with Crippen LogP contribution in [0.15, 0.2) is 6.20 Å². The third kappa shape index (κ3) is 5.29. The molecule has 1 amide bonds. The first-order chi connectivity index (χ1) is 13.1. The van der Waals surface area contributed by atoms with Crippen molar-refractivity contribution in [2.75, 3.05) is 25.1 Å². The van der Waals surface area contributed by atoms with Crippen molar-refractivity contribution < 1.29 is 9.53 Å². The molecule has 0 aliphatic carbocycles. The Morgan fingerprint density at radius 1 is 1.44 bits per heavy atom. The molecule has 3 rings (SSSR count). The number of amides is 1. The molecule has 2 aliphatic heterocycles. The quantitative estimate of drug-likeness (QED) is 0.455. The van der Waals surface area contributed by atoms with Gasteiger partial charge in [0, 0.05) is 66.8 Å². The first-order valence-corrected chi connectivity index (χ1v) is 11.0. The van der Waals surface area contributed by atoms with Gasteiger partial charge in [-0.1, -0.05) is 6.92 Å². The molecule has 8 heteroatoms. The first-order valence-electron chi connectivity index (χ1n) is 9.95. The molecule has 2 unspecified atom stereocenters. The van der Waals surface area contributed by atoms with E-state index in [-0.39, 0.29) is 17.9 Å². The molecule has 0 spiro atoms. The molecule has 1 aromatic rings. The van der Waals surface area contributed by atoms with Gasteiger partial charge in [-0.3, -0.25) is 8.32 Å². The molecule has 2 aliphatic rings. The maximum atomic E-state index is 13.1. The molecule has 150 valence electrons. The van der Waals surface area contributed by atoms with Crippen molar-refractivity contribution in [3.8, 4) is 0 Å². The van der Waals surface area contributed by atoms with Gasteiger partial charge in [0.25, 0.3) is 0 Å². The largest absolute Gasteiger partial charge is 0.381 e. The molecule has 3 heterocycles. The van der Waals surface area contributed by atoms with E-state index in [1.165, 1.54) is 0 Å². The number of nitrogens with one attached hydrogen (secondary N) is 2. The number of ether oxygens (including phenoxy) is 1. The molecule has 27 heavy (non-hydrogen) atoms. The minimum atomic E-state index is 0.0675. The second-order valence-electron chi connectivity index (χ2n) is 7.49. The number of rotatable bonds is 7. The number of hydrogen-bond acceptors (Lipinski definition) is 6. The van der Waals surface area contributed by atoms with Gasteiger partial charge in [0.05, 0.1) is 12.2 Å². The molecule has 1 saturated heterocycles. The molecule has 2 N–H and O–H groups in total. The summed E-state index contributed by atoms with van der Waals surface area (Å²) in [7, 11) is 0. The molecular weight excluding hydrogens is 457 g/mol. The zero-order valence-corrected chi connectivity index (χ0v) is 18.4. The van der Waals surface area contributed by atoms with Crippen LogP contribution >= 0.6 is 22.9 Å². The Morgan fingerprint density at radius 2 is 2.22 bits per heavy atom. The minimum absolute atomic E-state index is 0.0675. The normalized spacial score (nSPS) is 21.6. The summed E-state index contributed by atoms with van der Waals surface area (Å²) in [6.07, 6.45) is 6.44. The smallest absolute Gasteiger partial charge is 0.226 e. The van der Waals surface area contributed by atoms with Gasteiger partial charge in [-0.15, -0.1) is 0 Å². The number of hydrogen-bond donors (Lipinski definition) is 2. The maximum Gasteiger partial charge on any atom is 0.226 e. The van der Waals surface area contributed by atoms with Gasteiger partial charge in [0.2, 0.25) is 11.9 Å². The van der Waals surface area contributed by atoms with Crippen LogP contribution in [0.4, 0.5) is 5.95 Å². The average molecular weight is 487 g/mol. The zero-order valence-electron chi connectivity index (χ0n) is 16.2. The minimum Gasteiger partial charge on any atom is -0.381 e. The van der Waals surface area contributed by atoms with Crippen LogP contribution in [0.5, 0.6) is 0 Å². The van der Waals surface area contributed by atoms with E-state index in [1.54, 1.807) is 0 Å². The molecule has 1 fully saturated rings. The maximum absolute atomic E-state index is 13.1. The summed E-state index contributed by atoms with van der Waals surface area (Å²) in [5, 5.41) is 3.43. The summed E-state index contributed by atoms with van der Waals surface area (Å²) in [5.74, 6) is 0.988. The van der Waals surface area contributed by atoms with E-state index in [4.69, 9.17) is 9.72 Å². The van der Waals surface area contributed by atoms with E-state index in [2.05, 4.69) is 50.5 Å². The Morgan fingerprint density at radius 3 is 2.93 bits per heavy atom. The van der Waals surface area contributed by atoms with Crippen molar-refractivity contribution in [1.29, 1.82) is 0 Å². The van der Waals surface area contributed by atoms with Crippen molar-refractivity contribution in [2.45, 2.75) is 64.6 Å². The van der Waals surface area contributed by atoms with Crippen LogP contribution in [-0.2, 0) is 22.5 Å². The van der Waals surface area contributed by atoms with E-state index < -0.39 is 0 Å². The van der Waals surface area contributed by atoms with Crippen LogP contribution in [0.25, 0.3) is 0 Å². The fraction of sp³-hybridized carbons (Fsp3) is 0.737. The topological polar surface area (TPSA) is 79.4 Å². The number of nitrogens with zero attached hydrogens (tertiary/aromatic N) is 3. The number of anilines is 1. The number of carbonyl (C=O) groups is 1. The van der Waals surface area contributed by atoms with Crippen molar-refractivity contribution >= 4 is 34.7 Å². The van der Waals surface area contributed by atoms with Crippen molar-refractivity contribution in [1.82, 2.24) is 18.4 Å². The van der Waals surface area contributed by atoms with E-state index in [9.17, 15) is 4.79 Å². The van der Waals surface area contributed by atoms with Gasteiger partial charge in [-0.25, -0.2) is 9.97 Å². The lowest BCUT2D eigenvalue weighted by Crippen LogP contribution is -2.46. The lowest BCUT2D eigenvalue weighted by molar-refractivity contribution is -0.139. The SMILES string of the molecule is CCC(CCNI)C(=O)N1Cc2nc(NC3CCOCC3)ncc2CC1C. The molecule has 0 aromatic carbocycles. The Kier molecular flexibility index (Phi) is 7.66. The standard InChI is InChI=1S/C19H30IN5O2/c1-3-14(4-7-22-20)18(26)25-12-17-15(10-13(25)2)11-21-19(24-17)23-16-5-8-27-9-6-16/h11,13-14,16,22H,3-10,12H2,1-2H3,(H,21,23,24). The van der Waals surface area contributed by atoms with Crippen LogP contribution in [0.1, 0.15) is 50.8 Å². The fourth-order valence-electron chi connectivity index (χ4n) is 3.85. The Balaban J connectivity index is 1.70. The van der Waals surface area contributed by atoms with E-state index in [1.807, 2.05) is 11.1 Å². The van der Waals surface area contributed by atoms with E-state index >= 15 is 0 Å². The molecule has 2 atom stereocenters. The van der Waals surface area contributed by atoms with Gasteiger partial charge in [0.15, 0.2) is 0 Å². The Bertz CT molecular complexity index is 639. The molecule has 0 bridgehead atoms. The number of fused-ring (bicyclic) bond motifs is 1. The van der Waals surface area contributed by atoms with Crippen LogP contribution in [0.2, 0.25) is 0 Å². The van der Waals surface area contributed by atoms with E-state index in [0.717, 1.165) is 63.1 Å². The van der Waals surface area contributed by atoms with Crippen molar-refractivity contribution in [3.63, 3.8) is 0 Å². The van der Waals surface area contributed by atoms with Gasteiger partial charge < -0.3 is 15.0 Å². The van der Waals surface area contributed by atoms with Crippen molar-refractivity contribution in [3.05, 3.63) is 17.5 Å². The third-order valence-corrected chi connectivity index (χ3v) is 6.13. The van der Waals surface area contributed by atoms with Crippen LogP contribution in [0, 0.1) is 5.92 Å². The average Bonchev–Trinajstić information content (AvgIpc) is 2.69. The highest BCUT2D eigenvalue weighted by atomic mass is 127. The number of aromatic nitrogens is 2. The lowest BCUT2D eigenvalue weighted by Gasteiger charge is -2.36.